The molecule has 1 aromatic rings. The summed E-state index contributed by atoms with van der Waals surface area (Å²) < 4.78 is 0. The number of pyridine rings is 1. The smallest absolute Gasteiger partial charge is 0.128 e. The Balaban J connectivity index is 1.99. The van der Waals surface area contributed by atoms with Crippen molar-refractivity contribution in [2.45, 2.75) is 26.8 Å². The zero-order chi connectivity index (χ0) is 14.4. The van der Waals surface area contributed by atoms with Crippen molar-refractivity contribution in [3.05, 3.63) is 22.8 Å². The molecule has 2 heterocycles. The predicted molar refractivity (Wildman–Crippen MR) is 85.6 cm³/mol. The van der Waals surface area contributed by atoms with E-state index in [2.05, 4.69) is 40.0 Å². The number of nitrogens with zero attached hydrogens (tertiary/aromatic N) is 3. The lowest BCUT2D eigenvalue weighted by Crippen LogP contribution is -2.46. The summed E-state index contributed by atoms with van der Waals surface area (Å²) in [4.78, 5) is 9.31. The van der Waals surface area contributed by atoms with Crippen LogP contribution in [0.2, 0.25) is 5.02 Å². The van der Waals surface area contributed by atoms with E-state index in [9.17, 15) is 0 Å². The molecule has 1 aromatic heterocycles. The lowest BCUT2D eigenvalue weighted by atomic mass is 10.2. The molecule has 1 aliphatic heterocycles. The minimum absolute atomic E-state index is 0.754. The minimum atomic E-state index is 0.754. The third-order valence-corrected chi connectivity index (χ3v) is 4.15. The quantitative estimate of drug-likeness (QED) is 0.817. The minimum Gasteiger partial charge on any atom is -0.354 e. The number of piperazine rings is 1. The molecule has 0 atom stereocenters. The Morgan fingerprint density at radius 2 is 2.00 bits per heavy atom. The Kier molecular flexibility index (Phi) is 6.07. The maximum Gasteiger partial charge on any atom is 0.128 e. The maximum atomic E-state index is 6.23. The van der Waals surface area contributed by atoms with Gasteiger partial charge in [0.15, 0.2) is 0 Å². The third kappa shape index (κ3) is 4.08. The van der Waals surface area contributed by atoms with E-state index in [-0.39, 0.29) is 0 Å². The molecule has 0 radical (unpaired) electrons. The molecule has 1 aliphatic rings. The number of likely N-dealkylation sites (N-methyl/N-ethyl adjacent to an activating group) is 1. The van der Waals surface area contributed by atoms with E-state index in [1.807, 2.05) is 0 Å². The Morgan fingerprint density at radius 1 is 1.25 bits per heavy atom. The van der Waals surface area contributed by atoms with Crippen LogP contribution in [0.1, 0.15) is 25.8 Å². The van der Waals surface area contributed by atoms with E-state index in [4.69, 9.17) is 11.6 Å². The first-order chi connectivity index (χ1) is 9.74. The molecule has 112 valence electrons. The molecular formula is C15H25ClN4. The van der Waals surface area contributed by atoms with Gasteiger partial charge in [0, 0.05) is 38.9 Å². The van der Waals surface area contributed by atoms with Crippen molar-refractivity contribution in [3.63, 3.8) is 0 Å². The average Bonchev–Trinajstić information content (AvgIpc) is 2.49. The summed E-state index contributed by atoms with van der Waals surface area (Å²) in [6.07, 6.45) is 2.92. The van der Waals surface area contributed by atoms with Crippen LogP contribution in [-0.2, 0) is 6.54 Å². The highest BCUT2D eigenvalue weighted by molar-refractivity contribution is 6.31. The van der Waals surface area contributed by atoms with Gasteiger partial charge in [0.2, 0.25) is 0 Å². The fourth-order valence-corrected chi connectivity index (χ4v) is 2.64. The number of hydrogen-bond donors (Lipinski definition) is 1. The van der Waals surface area contributed by atoms with Crippen LogP contribution < -0.4 is 10.2 Å². The largest absolute Gasteiger partial charge is 0.354 e. The zero-order valence-electron chi connectivity index (χ0n) is 12.5. The predicted octanol–water partition coefficient (Wildman–Crippen LogP) is 2.38. The van der Waals surface area contributed by atoms with Crippen molar-refractivity contribution in [1.82, 2.24) is 15.2 Å². The van der Waals surface area contributed by atoms with E-state index >= 15 is 0 Å². The summed E-state index contributed by atoms with van der Waals surface area (Å²) in [6.45, 7) is 11.7. The number of hydrogen-bond acceptors (Lipinski definition) is 4. The first-order valence-corrected chi connectivity index (χ1v) is 7.94. The van der Waals surface area contributed by atoms with Gasteiger partial charge in [0.05, 0.1) is 5.02 Å². The summed E-state index contributed by atoms with van der Waals surface area (Å²) >= 11 is 6.23. The van der Waals surface area contributed by atoms with Gasteiger partial charge in [-0.25, -0.2) is 4.98 Å². The molecule has 0 aromatic carbocycles. The van der Waals surface area contributed by atoms with Gasteiger partial charge >= 0.3 is 0 Å². The van der Waals surface area contributed by atoms with E-state index in [0.717, 1.165) is 68.6 Å². The van der Waals surface area contributed by atoms with E-state index in [0.29, 0.717) is 0 Å². The molecule has 4 nitrogen and oxygen atoms in total. The molecule has 5 heteroatoms. The van der Waals surface area contributed by atoms with E-state index in [1.165, 1.54) is 0 Å². The normalized spacial score (nSPS) is 16.6. The number of aromatic nitrogens is 1. The average molecular weight is 297 g/mol. The highest BCUT2D eigenvalue weighted by Crippen LogP contribution is 2.21. The Labute approximate surface area is 127 Å². The van der Waals surface area contributed by atoms with E-state index in [1.54, 1.807) is 6.20 Å². The van der Waals surface area contributed by atoms with Gasteiger partial charge in [0.1, 0.15) is 5.82 Å². The molecule has 0 unspecified atom stereocenters. The second kappa shape index (κ2) is 7.81. The molecular weight excluding hydrogens is 272 g/mol. The molecule has 0 saturated carbocycles. The highest BCUT2D eigenvalue weighted by atomic mass is 35.5. The summed E-state index contributed by atoms with van der Waals surface area (Å²) in [6, 6.07) is 2.13. The fourth-order valence-electron chi connectivity index (χ4n) is 2.47. The number of rotatable bonds is 6. The van der Waals surface area contributed by atoms with Crippen molar-refractivity contribution in [3.8, 4) is 0 Å². The summed E-state index contributed by atoms with van der Waals surface area (Å²) in [5.41, 5.74) is 1.14. The zero-order valence-corrected chi connectivity index (χ0v) is 13.3. The lowest BCUT2D eigenvalue weighted by molar-refractivity contribution is 0.270. The topological polar surface area (TPSA) is 31.4 Å². The standard InChI is InChI=1S/C15H25ClN4/c1-3-5-17-11-13-10-15(18-12-14(13)16)20-8-6-19(4-2)7-9-20/h10,12,17H,3-9,11H2,1-2H3. The fraction of sp³-hybridized carbons (Fsp3) is 0.667. The molecule has 0 amide bonds. The molecule has 2 rings (SSSR count). The van der Waals surface area contributed by atoms with Crippen LogP contribution in [0.3, 0.4) is 0 Å². The van der Waals surface area contributed by atoms with Crippen LogP contribution in [-0.4, -0.2) is 49.2 Å². The van der Waals surface area contributed by atoms with Gasteiger partial charge in [0.25, 0.3) is 0 Å². The van der Waals surface area contributed by atoms with Crippen molar-refractivity contribution in [2.75, 3.05) is 44.2 Å². The van der Waals surface area contributed by atoms with Crippen LogP contribution in [0.4, 0.5) is 5.82 Å². The third-order valence-electron chi connectivity index (χ3n) is 3.81. The lowest BCUT2D eigenvalue weighted by Gasteiger charge is -2.35. The number of nitrogens with one attached hydrogen (secondary N) is 1. The summed E-state index contributed by atoms with van der Waals surface area (Å²) in [5, 5.41) is 4.15. The molecule has 0 aliphatic carbocycles. The van der Waals surface area contributed by atoms with E-state index < -0.39 is 0 Å². The molecule has 1 N–H and O–H groups in total. The Bertz CT molecular complexity index is 416. The summed E-state index contributed by atoms with van der Waals surface area (Å²) in [5.74, 6) is 1.05. The Hall–Kier alpha value is -0.840. The Morgan fingerprint density at radius 3 is 2.65 bits per heavy atom. The maximum absolute atomic E-state index is 6.23. The van der Waals surface area contributed by atoms with Crippen LogP contribution in [0.15, 0.2) is 12.3 Å². The highest BCUT2D eigenvalue weighted by Gasteiger charge is 2.17. The molecule has 1 saturated heterocycles. The van der Waals surface area contributed by atoms with Crippen LogP contribution >= 0.6 is 11.6 Å². The molecule has 0 bridgehead atoms. The van der Waals surface area contributed by atoms with Crippen LogP contribution in [0.5, 0.6) is 0 Å². The van der Waals surface area contributed by atoms with Crippen molar-refractivity contribution in [1.29, 1.82) is 0 Å². The van der Waals surface area contributed by atoms with Crippen LogP contribution in [0, 0.1) is 0 Å². The van der Waals surface area contributed by atoms with Gasteiger partial charge in [-0.1, -0.05) is 25.4 Å². The van der Waals surface area contributed by atoms with Crippen molar-refractivity contribution >= 4 is 17.4 Å². The second-order valence-electron chi connectivity index (χ2n) is 5.23. The first-order valence-electron chi connectivity index (χ1n) is 7.57. The summed E-state index contributed by atoms with van der Waals surface area (Å²) in [7, 11) is 0. The number of anilines is 1. The van der Waals surface area contributed by atoms with Gasteiger partial charge < -0.3 is 15.1 Å². The van der Waals surface area contributed by atoms with Gasteiger partial charge in [-0.3, -0.25) is 0 Å². The van der Waals surface area contributed by atoms with Gasteiger partial charge in [-0.2, -0.15) is 0 Å². The van der Waals surface area contributed by atoms with Crippen molar-refractivity contribution in [2.24, 2.45) is 0 Å². The molecule has 1 fully saturated rings. The van der Waals surface area contributed by atoms with Crippen molar-refractivity contribution < 1.29 is 0 Å². The van der Waals surface area contributed by atoms with Gasteiger partial charge in [-0.05, 0) is 31.1 Å². The molecule has 0 spiro atoms. The second-order valence-corrected chi connectivity index (χ2v) is 5.64. The monoisotopic (exact) mass is 296 g/mol. The number of halogens is 1. The molecule has 20 heavy (non-hydrogen) atoms. The SMILES string of the molecule is CCCNCc1cc(N2CCN(CC)CC2)ncc1Cl. The van der Waals surface area contributed by atoms with Gasteiger partial charge in [-0.15, -0.1) is 0 Å². The first kappa shape index (κ1) is 15.5. The van der Waals surface area contributed by atoms with Crippen LogP contribution in [0.25, 0.3) is 0 Å².